The molecule has 21 heavy (non-hydrogen) atoms. The molecule has 0 aliphatic rings. The summed E-state index contributed by atoms with van der Waals surface area (Å²) in [5, 5.41) is 20.2. The van der Waals surface area contributed by atoms with Gasteiger partial charge < -0.3 is 4.74 Å². The lowest BCUT2D eigenvalue weighted by Crippen LogP contribution is -1.99. The highest BCUT2D eigenvalue weighted by molar-refractivity contribution is 14.1. The fourth-order valence-electron chi connectivity index (χ4n) is 1.54. The minimum atomic E-state index is -0.617. The van der Waals surface area contributed by atoms with Gasteiger partial charge in [0.25, 0.3) is 0 Å². The van der Waals surface area contributed by atoms with Gasteiger partial charge in [-0.3, -0.25) is 10.1 Å². The molecule has 0 aliphatic heterocycles. The van der Waals surface area contributed by atoms with Gasteiger partial charge in [-0.1, -0.05) is 11.6 Å². The molecule has 7 nitrogen and oxygen atoms in total. The molecular weight excluding hydrogens is 411 g/mol. The number of ether oxygens (including phenoxy) is 1. The number of rotatable bonds is 3. The average molecular weight is 417 g/mol. The molecule has 0 amide bonds. The van der Waals surface area contributed by atoms with Crippen LogP contribution in [-0.2, 0) is 0 Å². The highest BCUT2D eigenvalue weighted by Gasteiger charge is 2.22. The Bertz CT molecular complexity index is 756. The molecule has 0 spiro atoms. The van der Waals surface area contributed by atoms with E-state index in [1.165, 1.54) is 12.1 Å². The Morgan fingerprint density at radius 1 is 1.43 bits per heavy atom. The summed E-state index contributed by atoms with van der Waals surface area (Å²) in [7, 11) is 0. The third-order valence-corrected chi connectivity index (χ3v) is 3.33. The molecule has 1 aromatic heterocycles. The number of hydrogen-bond donors (Lipinski definition) is 0. The van der Waals surface area contributed by atoms with Crippen molar-refractivity contribution < 1.29 is 9.66 Å². The highest BCUT2D eigenvalue weighted by atomic mass is 127. The van der Waals surface area contributed by atoms with Crippen LogP contribution in [0.3, 0.4) is 0 Å². The Kier molecular flexibility index (Phi) is 4.54. The molecule has 0 radical (unpaired) electrons. The van der Waals surface area contributed by atoms with E-state index in [1.54, 1.807) is 6.92 Å². The van der Waals surface area contributed by atoms with E-state index in [-0.39, 0.29) is 28.0 Å². The first-order valence-electron chi connectivity index (χ1n) is 5.48. The number of aryl methyl sites for hydroxylation is 1. The molecule has 106 valence electrons. The first-order valence-corrected chi connectivity index (χ1v) is 6.93. The van der Waals surface area contributed by atoms with Gasteiger partial charge in [-0.15, -0.1) is 0 Å². The number of nitro groups is 1. The van der Waals surface area contributed by atoms with Gasteiger partial charge in [0.2, 0.25) is 11.6 Å². The zero-order valence-corrected chi connectivity index (χ0v) is 13.4. The number of hydrogen-bond acceptors (Lipinski definition) is 6. The zero-order valence-electron chi connectivity index (χ0n) is 10.5. The Morgan fingerprint density at radius 2 is 2.14 bits per heavy atom. The molecule has 0 atom stereocenters. The molecular formula is C12H6ClIN4O3. The van der Waals surface area contributed by atoms with Crippen molar-refractivity contribution in [3.8, 4) is 17.7 Å². The van der Waals surface area contributed by atoms with E-state index < -0.39 is 4.92 Å². The van der Waals surface area contributed by atoms with E-state index in [2.05, 4.69) is 9.97 Å². The molecule has 9 heteroatoms. The molecule has 0 aliphatic carbocycles. The van der Waals surface area contributed by atoms with Crippen LogP contribution < -0.4 is 4.74 Å². The lowest BCUT2D eigenvalue weighted by molar-refractivity contribution is -0.385. The number of benzene rings is 1. The maximum Gasteiger partial charge on any atom is 0.314 e. The molecule has 0 fully saturated rings. The van der Waals surface area contributed by atoms with Crippen molar-refractivity contribution in [2.45, 2.75) is 6.92 Å². The fraction of sp³-hybridized carbons (Fsp3) is 0.0833. The summed E-state index contributed by atoms with van der Waals surface area (Å²) in [6, 6.07) is 5.85. The maximum atomic E-state index is 11.1. The second-order valence-electron chi connectivity index (χ2n) is 3.85. The summed E-state index contributed by atoms with van der Waals surface area (Å²) >= 11 is 7.65. The van der Waals surface area contributed by atoms with Gasteiger partial charge in [-0.05, 0) is 35.6 Å². The van der Waals surface area contributed by atoms with Gasteiger partial charge >= 0.3 is 5.69 Å². The Hall–Kier alpha value is -1.99. The van der Waals surface area contributed by atoms with Gasteiger partial charge in [0.15, 0.2) is 0 Å². The largest absolute Gasteiger partial charge is 0.430 e. The second-order valence-corrected chi connectivity index (χ2v) is 5.40. The minimum absolute atomic E-state index is 0.00812. The van der Waals surface area contributed by atoms with Crippen LogP contribution in [0.25, 0.3) is 0 Å². The van der Waals surface area contributed by atoms with E-state index >= 15 is 0 Å². The van der Waals surface area contributed by atoms with Crippen molar-refractivity contribution >= 4 is 39.9 Å². The van der Waals surface area contributed by atoms with Crippen LogP contribution in [0.1, 0.15) is 11.4 Å². The fourth-order valence-corrected chi connectivity index (χ4v) is 2.48. The topological polar surface area (TPSA) is 102 Å². The van der Waals surface area contributed by atoms with Crippen LogP contribution >= 0.6 is 34.2 Å². The summed E-state index contributed by atoms with van der Waals surface area (Å²) in [4.78, 5) is 18.4. The molecule has 1 heterocycles. The van der Waals surface area contributed by atoms with Crippen LogP contribution in [0, 0.1) is 31.9 Å². The molecule has 0 saturated heterocycles. The van der Waals surface area contributed by atoms with Crippen LogP contribution in [0.5, 0.6) is 11.6 Å². The van der Waals surface area contributed by atoms with Crippen LogP contribution in [0.15, 0.2) is 18.2 Å². The SMILES string of the molecule is Cc1nc(Cl)cc(Oc2c(I)cc(C#N)cc2[N+](=O)[O-])n1. The normalized spacial score (nSPS) is 10.0. The smallest absolute Gasteiger partial charge is 0.314 e. The molecule has 0 bridgehead atoms. The quantitative estimate of drug-likeness (QED) is 0.328. The summed E-state index contributed by atoms with van der Waals surface area (Å²) in [6.45, 7) is 1.62. The van der Waals surface area contributed by atoms with E-state index in [1.807, 2.05) is 28.7 Å². The standard InChI is InChI=1S/C12H6ClIN4O3/c1-6-16-10(13)4-11(17-6)21-12-8(14)2-7(5-15)3-9(12)18(19)20/h2-4H,1H3. The van der Waals surface area contributed by atoms with Crippen molar-refractivity contribution in [1.29, 1.82) is 5.26 Å². The van der Waals surface area contributed by atoms with Crippen molar-refractivity contribution in [1.82, 2.24) is 9.97 Å². The average Bonchev–Trinajstić information content (AvgIpc) is 2.39. The number of nitriles is 1. The monoisotopic (exact) mass is 416 g/mol. The third-order valence-electron chi connectivity index (χ3n) is 2.34. The van der Waals surface area contributed by atoms with Crippen molar-refractivity contribution in [3.05, 3.63) is 48.4 Å². The van der Waals surface area contributed by atoms with Crippen molar-refractivity contribution in [2.24, 2.45) is 0 Å². The highest BCUT2D eigenvalue weighted by Crippen LogP contribution is 2.36. The summed E-state index contributed by atoms with van der Waals surface area (Å²) in [6.07, 6.45) is 0. The number of aromatic nitrogens is 2. The van der Waals surface area contributed by atoms with Crippen molar-refractivity contribution in [3.63, 3.8) is 0 Å². The van der Waals surface area contributed by atoms with E-state index in [0.29, 0.717) is 9.39 Å². The molecule has 2 aromatic rings. The third kappa shape index (κ3) is 3.56. The van der Waals surface area contributed by atoms with Crippen LogP contribution in [0.4, 0.5) is 5.69 Å². The number of nitrogens with zero attached hydrogens (tertiary/aromatic N) is 4. The van der Waals surface area contributed by atoms with Crippen LogP contribution in [-0.4, -0.2) is 14.9 Å². The van der Waals surface area contributed by atoms with Gasteiger partial charge in [0.05, 0.1) is 20.1 Å². The Labute approximate surface area is 137 Å². The number of nitro benzene ring substituents is 1. The minimum Gasteiger partial charge on any atom is -0.430 e. The molecule has 1 aromatic carbocycles. The summed E-state index contributed by atoms with van der Waals surface area (Å²) in [5.74, 6) is 0.482. The number of halogens is 2. The summed E-state index contributed by atoms with van der Waals surface area (Å²) in [5.41, 5.74) is -0.138. The van der Waals surface area contributed by atoms with E-state index in [4.69, 9.17) is 21.6 Å². The predicted octanol–water partition coefficient (Wildman–Crippen LogP) is 3.62. The summed E-state index contributed by atoms with van der Waals surface area (Å²) < 4.78 is 5.89. The van der Waals surface area contributed by atoms with Gasteiger partial charge in [0, 0.05) is 12.1 Å². The predicted molar refractivity (Wildman–Crippen MR) is 82.4 cm³/mol. The zero-order chi connectivity index (χ0) is 15.6. The van der Waals surface area contributed by atoms with Gasteiger partial charge in [0.1, 0.15) is 11.0 Å². The molecule has 0 N–H and O–H groups in total. The lowest BCUT2D eigenvalue weighted by Gasteiger charge is -2.08. The van der Waals surface area contributed by atoms with E-state index in [9.17, 15) is 10.1 Å². The first kappa shape index (κ1) is 15.4. The Morgan fingerprint density at radius 3 is 2.71 bits per heavy atom. The molecule has 0 unspecified atom stereocenters. The Balaban J connectivity index is 2.53. The van der Waals surface area contributed by atoms with Gasteiger partial charge in [-0.2, -0.15) is 10.2 Å². The van der Waals surface area contributed by atoms with E-state index in [0.717, 1.165) is 6.07 Å². The maximum absolute atomic E-state index is 11.1. The molecule has 0 saturated carbocycles. The van der Waals surface area contributed by atoms with Crippen molar-refractivity contribution in [2.75, 3.05) is 0 Å². The molecule has 2 rings (SSSR count). The lowest BCUT2D eigenvalue weighted by atomic mass is 10.2. The van der Waals surface area contributed by atoms with Crippen LogP contribution in [0.2, 0.25) is 5.15 Å². The second kappa shape index (κ2) is 6.19. The van der Waals surface area contributed by atoms with Gasteiger partial charge in [-0.25, -0.2) is 4.98 Å². The first-order chi connectivity index (χ1) is 9.90.